The van der Waals surface area contributed by atoms with Crippen molar-refractivity contribution in [2.75, 3.05) is 19.6 Å². The van der Waals surface area contributed by atoms with Crippen LogP contribution in [0.25, 0.3) is 11.0 Å². The molecule has 1 aliphatic heterocycles. The average molecular weight is 406 g/mol. The van der Waals surface area contributed by atoms with Crippen LogP contribution >= 0.6 is 0 Å². The van der Waals surface area contributed by atoms with Gasteiger partial charge >= 0.3 is 0 Å². The van der Waals surface area contributed by atoms with Gasteiger partial charge in [-0.2, -0.15) is 0 Å². The fourth-order valence-electron chi connectivity index (χ4n) is 3.92. The summed E-state index contributed by atoms with van der Waals surface area (Å²) < 4.78 is 1.87. The number of hydrogen-bond acceptors (Lipinski definition) is 4. The van der Waals surface area contributed by atoms with Gasteiger partial charge in [0.2, 0.25) is 11.8 Å². The third kappa shape index (κ3) is 4.84. The summed E-state index contributed by atoms with van der Waals surface area (Å²) in [6, 6.07) is 18.0. The number of nitrogens with zero attached hydrogens (tertiary/aromatic N) is 4. The summed E-state index contributed by atoms with van der Waals surface area (Å²) in [6.45, 7) is 2.45. The van der Waals surface area contributed by atoms with Gasteiger partial charge in [-0.3, -0.25) is 9.59 Å². The van der Waals surface area contributed by atoms with E-state index in [-0.39, 0.29) is 17.7 Å². The molecule has 1 saturated heterocycles. The summed E-state index contributed by atoms with van der Waals surface area (Å²) in [4.78, 5) is 26.7. The van der Waals surface area contributed by atoms with E-state index < -0.39 is 0 Å². The van der Waals surface area contributed by atoms with Gasteiger partial charge in [0.1, 0.15) is 5.52 Å². The Labute approximate surface area is 176 Å². The molecule has 0 bridgehead atoms. The molecule has 4 rings (SSSR count). The van der Waals surface area contributed by atoms with Crippen LogP contribution in [0.15, 0.2) is 54.6 Å². The highest BCUT2D eigenvalue weighted by molar-refractivity contribution is 5.83. The third-order valence-electron chi connectivity index (χ3n) is 5.65. The second-order valence-electron chi connectivity index (χ2n) is 7.76. The smallest absolute Gasteiger partial charge is 0.224 e. The van der Waals surface area contributed by atoms with Gasteiger partial charge in [-0.15, -0.1) is 5.10 Å². The van der Waals surface area contributed by atoms with E-state index in [1.54, 1.807) is 0 Å². The monoisotopic (exact) mass is 405 g/mol. The highest BCUT2D eigenvalue weighted by atomic mass is 16.2. The molecule has 1 atom stereocenters. The van der Waals surface area contributed by atoms with Crippen molar-refractivity contribution in [3.8, 4) is 0 Å². The molecular formula is C23H27N5O2. The minimum Gasteiger partial charge on any atom is -0.356 e. The van der Waals surface area contributed by atoms with Crippen molar-refractivity contribution in [1.82, 2.24) is 25.2 Å². The third-order valence-corrected chi connectivity index (χ3v) is 5.65. The van der Waals surface area contributed by atoms with Gasteiger partial charge in [-0.05, 0) is 37.0 Å². The van der Waals surface area contributed by atoms with Crippen molar-refractivity contribution in [3.63, 3.8) is 0 Å². The molecule has 2 heterocycles. The molecule has 156 valence electrons. The Morgan fingerprint density at radius 2 is 1.87 bits per heavy atom. The van der Waals surface area contributed by atoms with E-state index >= 15 is 0 Å². The topological polar surface area (TPSA) is 80.1 Å². The molecule has 2 amide bonds. The molecule has 1 unspecified atom stereocenters. The molecule has 7 nitrogen and oxygen atoms in total. The zero-order valence-electron chi connectivity index (χ0n) is 17.0. The van der Waals surface area contributed by atoms with Crippen LogP contribution in [-0.4, -0.2) is 51.3 Å². The van der Waals surface area contributed by atoms with Gasteiger partial charge in [-0.25, -0.2) is 4.68 Å². The van der Waals surface area contributed by atoms with Gasteiger partial charge in [0.15, 0.2) is 0 Å². The van der Waals surface area contributed by atoms with Crippen molar-refractivity contribution in [3.05, 3.63) is 60.2 Å². The second kappa shape index (κ2) is 9.52. The molecule has 7 heteroatoms. The van der Waals surface area contributed by atoms with Crippen molar-refractivity contribution in [2.24, 2.45) is 5.92 Å². The highest BCUT2D eigenvalue weighted by Crippen LogP contribution is 2.18. The Morgan fingerprint density at radius 1 is 1.07 bits per heavy atom. The summed E-state index contributed by atoms with van der Waals surface area (Å²) in [5, 5.41) is 11.4. The van der Waals surface area contributed by atoms with Crippen molar-refractivity contribution >= 4 is 22.8 Å². The normalized spacial score (nSPS) is 16.7. The number of aromatic nitrogens is 3. The van der Waals surface area contributed by atoms with Crippen LogP contribution in [0.1, 0.15) is 24.8 Å². The Morgan fingerprint density at radius 3 is 2.73 bits per heavy atom. The number of rotatable bonds is 8. The number of likely N-dealkylation sites (tertiary alicyclic amines) is 1. The number of carbonyl (C=O) groups is 2. The van der Waals surface area contributed by atoms with Crippen LogP contribution in [0.3, 0.4) is 0 Å². The quantitative estimate of drug-likeness (QED) is 0.584. The maximum Gasteiger partial charge on any atom is 0.224 e. The Kier molecular flexibility index (Phi) is 6.37. The van der Waals surface area contributed by atoms with Gasteiger partial charge < -0.3 is 10.2 Å². The molecule has 0 saturated carbocycles. The molecule has 2 aromatic carbocycles. The fourth-order valence-corrected chi connectivity index (χ4v) is 3.92. The number of fused-ring (bicyclic) bond motifs is 1. The van der Waals surface area contributed by atoms with Crippen molar-refractivity contribution in [1.29, 1.82) is 0 Å². The van der Waals surface area contributed by atoms with Crippen LogP contribution in [0.4, 0.5) is 0 Å². The van der Waals surface area contributed by atoms with Crippen molar-refractivity contribution < 1.29 is 9.59 Å². The lowest BCUT2D eigenvalue weighted by Gasteiger charge is -2.32. The number of para-hydroxylation sites is 1. The summed E-state index contributed by atoms with van der Waals surface area (Å²) >= 11 is 0. The lowest BCUT2D eigenvalue weighted by Crippen LogP contribution is -2.46. The molecule has 0 spiro atoms. The molecule has 0 aliphatic carbocycles. The lowest BCUT2D eigenvalue weighted by atomic mass is 9.96. The Balaban J connectivity index is 1.22. The maximum atomic E-state index is 12.6. The molecule has 3 aromatic rings. The summed E-state index contributed by atoms with van der Waals surface area (Å²) in [5.41, 5.74) is 3.09. The Bertz CT molecular complexity index is 1000. The van der Waals surface area contributed by atoms with E-state index in [2.05, 4.69) is 27.8 Å². The molecule has 1 fully saturated rings. The zero-order valence-corrected chi connectivity index (χ0v) is 17.0. The summed E-state index contributed by atoms with van der Waals surface area (Å²) in [5.74, 6) is 0.0503. The predicted octanol–water partition coefficient (Wildman–Crippen LogP) is 2.42. The van der Waals surface area contributed by atoms with E-state index in [9.17, 15) is 9.59 Å². The maximum absolute atomic E-state index is 12.6. The predicted molar refractivity (Wildman–Crippen MR) is 115 cm³/mol. The van der Waals surface area contributed by atoms with Crippen LogP contribution in [0.5, 0.6) is 0 Å². The first-order chi connectivity index (χ1) is 14.7. The summed E-state index contributed by atoms with van der Waals surface area (Å²) in [6.07, 6.45) is 2.66. The molecule has 30 heavy (non-hydrogen) atoms. The minimum atomic E-state index is -0.134. The van der Waals surface area contributed by atoms with Crippen LogP contribution < -0.4 is 5.32 Å². The average Bonchev–Trinajstić information content (AvgIpc) is 3.20. The van der Waals surface area contributed by atoms with Gasteiger partial charge in [0.25, 0.3) is 0 Å². The van der Waals surface area contributed by atoms with Gasteiger partial charge in [0, 0.05) is 32.6 Å². The van der Waals surface area contributed by atoms with E-state index in [0.717, 1.165) is 23.9 Å². The van der Waals surface area contributed by atoms with Crippen molar-refractivity contribution in [2.45, 2.75) is 32.2 Å². The standard InChI is InChI=1S/C23H27N5O2/c29-22-12-11-19(17-27(22)16-13-18-7-2-1-3-8-18)23(30)24-14-6-15-28-21-10-5-4-9-20(21)25-26-28/h1-5,7-10,19H,6,11-17H2,(H,24,30). The molecule has 1 aliphatic rings. The van der Waals surface area contributed by atoms with E-state index in [1.807, 2.05) is 52.0 Å². The van der Waals surface area contributed by atoms with Crippen LogP contribution in [0.2, 0.25) is 0 Å². The van der Waals surface area contributed by atoms with Crippen LogP contribution in [-0.2, 0) is 22.6 Å². The van der Waals surface area contributed by atoms with Gasteiger partial charge in [-0.1, -0.05) is 47.7 Å². The molecule has 0 radical (unpaired) electrons. The fraction of sp³-hybridized carbons (Fsp3) is 0.391. The number of carbonyl (C=O) groups excluding carboxylic acids is 2. The highest BCUT2D eigenvalue weighted by Gasteiger charge is 2.29. The first-order valence-corrected chi connectivity index (χ1v) is 10.6. The molecular weight excluding hydrogens is 378 g/mol. The number of hydrogen-bond donors (Lipinski definition) is 1. The molecule has 1 aromatic heterocycles. The minimum absolute atomic E-state index is 0.0376. The first-order valence-electron chi connectivity index (χ1n) is 10.6. The summed E-state index contributed by atoms with van der Waals surface area (Å²) in [7, 11) is 0. The number of benzene rings is 2. The van der Waals surface area contributed by atoms with E-state index in [4.69, 9.17) is 0 Å². The second-order valence-corrected chi connectivity index (χ2v) is 7.76. The number of amides is 2. The Hall–Kier alpha value is -3.22. The van der Waals surface area contributed by atoms with E-state index in [1.165, 1.54) is 5.56 Å². The lowest BCUT2D eigenvalue weighted by molar-refractivity contribution is -0.138. The number of nitrogens with one attached hydrogen (secondary N) is 1. The number of piperidine rings is 1. The SMILES string of the molecule is O=C(NCCCn1nnc2ccccc21)C1CCC(=O)N(CCc2ccccc2)C1. The number of aryl methyl sites for hydroxylation is 1. The van der Waals surface area contributed by atoms with E-state index in [0.29, 0.717) is 39.0 Å². The van der Waals surface area contributed by atoms with Crippen LogP contribution in [0, 0.1) is 5.92 Å². The largest absolute Gasteiger partial charge is 0.356 e. The zero-order chi connectivity index (χ0) is 20.8. The van der Waals surface area contributed by atoms with Gasteiger partial charge in [0.05, 0.1) is 11.4 Å². The molecule has 1 N–H and O–H groups in total. The first kappa shape index (κ1) is 20.1.